The van der Waals surface area contributed by atoms with Crippen LogP contribution in [0.1, 0.15) is 36.6 Å². The Bertz CT molecular complexity index is 1160. The van der Waals surface area contributed by atoms with Crippen molar-refractivity contribution >= 4 is 45.7 Å². The molecule has 2 aromatic carbocycles. The Morgan fingerprint density at radius 2 is 1.59 bits per heavy atom. The molecule has 3 rings (SSSR count). The van der Waals surface area contributed by atoms with E-state index in [2.05, 4.69) is 10.6 Å². The van der Waals surface area contributed by atoms with Crippen LogP contribution in [0.15, 0.2) is 48.5 Å². The second-order valence-corrected chi connectivity index (χ2v) is 8.19. The zero-order chi connectivity index (χ0) is 23.3. The smallest absolute Gasteiger partial charge is 0.335 e. The molecule has 0 saturated heterocycles. The molecule has 3 aromatic rings. The Labute approximate surface area is 192 Å². The number of anilines is 1. The predicted molar refractivity (Wildman–Crippen MR) is 121 cm³/mol. The number of aromatic carboxylic acids is 1. The van der Waals surface area contributed by atoms with Crippen LogP contribution in [0.5, 0.6) is 11.5 Å². The number of methoxy groups -OCH3 is 2. The van der Waals surface area contributed by atoms with Gasteiger partial charge >= 0.3 is 5.97 Å². The van der Waals surface area contributed by atoms with E-state index < -0.39 is 17.8 Å². The number of thiophene rings is 1. The van der Waals surface area contributed by atoms with Gasteiger partial charge in [0.25, 0.3) is 11.8 Å². The first-order valence-corrected chi connectivity index (χ1v) is 10.4. The number of carboxylic acids is 1. The summed E-state index contributed by atoms with van der Waals surface area (Å²) >= 11 is 7.12. The van der Waals surface area contributed by atoms with Crippen molar-refractivity contribution in [1.29, 1.82) is 0 Å². The molecule has 32 heavy (non-hydrogen) atoms. The molecule has 0 bridgehead atoms. The highest BCUT2D eigenvalue weighted by molar-refractivity contribution is 7.20. The molecule has 0 saturated carbocycles. The lowest BCUT2D eigenvalue weighted by atomic mass is 10.1. The molecule has 166 valence electrons. The predicted octanol–water partition coefficient (Wildman–Crippen LogP) is 4.30. The van der Waals surface area contributed by atoms with E-state index in [-0.39, 0.29) is 28.2 Å². The first kappa shape index (κ1) is 23.1. The minimum atomic E-state index is -1.09. The van der Waals surface area contributed by atoms with Crippen LogP contribution < -0.4 is 20.1 Å². The number of carboxylic acid groups (broad SMARTS) is 1. The third kappa shape index (κ3) is 5.37. The van der Waals surface area contributed by atoms with Crippen molar-refractivity contribution in [3.8, 4) is 11.5 Å². The molecule has 0 spiro atoms. The molecule has 1 heterocycles. The summed E-state index contributed by atoms with van der Waals surface area (Å²) in [6, 6.07) is 12.2. The standard InChI is InChI=1S/C22H19ClN2O6S/c1-30-16-8-3-12(9-17(16)31-2)11-24-20(27)15-10-18(23)32-21(15)25-19(26)13-4-6-14(7-5-13)22(28)29/h3-10H,11H2,1-2H3,(H,24,27)(H,25,26)(H,28,29). The van der Waals surface area contributed by atoms with E-state index in [4.69, 9.17) is 26.2 Å². The summed E-state index contributed by atoms with van der Waals surface area (Å²) < 4.78 is 10.8. The maximum atomic E-state index is 12.7. The number of hydrogen-bond donors (Lipinski definition) is 3. The number of hydrogen-bond acceptors (Lipinski definition) is 6. The van der Waals surface area contributed by atoms with Gasteiger partial charge in [-0.25, -0.2) is 4.79 Å². The van der Waals surface area contributed by atoms with Crippen LogP contribution in [0.2, 0.25) is 4.34 Å². The number of benzene rings is 2. The van der Waals surface area contributed by atoms with Crippen molar-refractivity contribution in [1.82, 2.24) is 5.32 Å². The SMILES string of the molecule is COc1ccc(CNC(=O)c2cc(Cl)sc2NC(=O)c2ccc(C(=O)O)cc2)cc1OC. The Hall–Kier alpha value is -3.56. The van der Waals surface area contributed by atoms with E-state index in [1.165, 1.54) is 44.6 Å². The van der Waals surface area contributed by atoms with Gasteiger partial charge in [0.1, 0.15) is 5.00 Å². The number of halogens is 1. The highest BCUT2D eigenvalue weighted by Gasteiger charge is 2.19. The fourth-order valence-electron chi connectivity index (χ4n) is 2.83. The molecule has 10 heteroatoms. The van der Waals surface area contributed by atoms with Gasteiger partial charge in [-0.1, -0.05) is 17.7 Å². The summed E-state index contributed by atoms with van der Waals surface area (Å²) in [7, 11) is 3.06. The molecule has 0 atom stereocenters. The fourth-order valence-corrected chi connectivity index (χ4v) is 3.95. The van der Waals surface area contributed by atoms with Gasteiger partial charge in [-0.15, -0.1) is 11.3 Å². The van der Waals surface area contributed by atoms with Crippen LogP contribution in [-0.4, -0.2) is 37.1 Å². The van der Waals surface area contributed by atoms with Gasteiger partial charge in [-0.05, 0) is 48.0 Å². The number of nitrogens with one attached hydrogen (secondary N) is 2. The zero-order valence-corrected chi connectivity index (χ0v) is 18.7. The van der Waals surface area contributed by atoms with E-state index in [0.29, 0.717) is 15.8 Å². The third-order valence-electron chi connectivity index (χ3n) is 4.47. The maximum absolute atomic E-state index is 12.7. The average molecular weight is 475 g/mol. The Kier molecular flexibility index (Phi) is 7.34. The maximum Gasteiger partial charge on any atom is 0.335 e. The second kappa shape index (κ2) is 10.2. The molecule has 1 aromatic heterocycles. The molecule has 0 aliphatic heterocycles. The third-order valence-corrected chi connectivity index (χ3v) is 5.65. The fraction of sp³-hybridized carbons (Fsp3) is 0.136. The van der Waals surface area contributed by atoms with E-state index in [1.54, 1.807) is 18.2 Å². The van der Waals surface area contributed by atoms with Gasteiger partial charge in [0.15, 0.2) is 11.5 Å². The Balaban J connectivity index is 1.71. The monoisotopic (exact) mass is 474 g/mol. The minimum Gasteiger partial charge on any atom is -0.493 e. The van der Waals surface area contributed by atoms with Crippen molar-refractivity contribution < 1.29 is 29.0 Å². The quantitative estimate of drug-likeness (QED) is 0.448. The van der Waals surface area contributed by atoms with Crippen LogP contribution >= 0.6 is 22.9 Å². The molecular weight excluding hydrogens is 456 g/mol. The van der Waals surface area contributed by atoms with Crippen molar-refractivity contribution in [2.45, 2.75) is 6.54 Å². The van der Waals surface area contributed by atoms with Crippen LogP contribution in [0.4, 0.5) is 5.00 Å². The summed E-state index contributed by atoms with van der Waals surface area (Å²) in [6.45, 7) is 0.219. The minimum absolute atomic E-state index is 0.0657. The van der Waals surface area contributed by atoms with Crippen molar-refractivity contribution in [3.63, 3.8) is 0 Å². The van der Waals surface area contributed by atoms with Gasteiger partial charge in [0.2, 0.25) is 0 Å². The average Bonchev–Trinajstić information content (AvgIpc) is 3.17. The van der Waals surface area contributed by atoms with E-state index in [9.17, 15) is 14.4 Å². The van der Waals surface area contributed by atoms with Gasteiger partial charge < -0.3 is 25.2 Å². The summed E-state index contributed by atoms with van der Waals surface area (Å²) in [4.78, 5) is 36.2. The van der Waals surface area contributed by atoms with Gasteiger partial charge in [-0.3, -0.25) is 9.59 Å². The van der Waals surface area contributed by atoms with Crippen LogP contribution in [-0.2, 0) is 6.54 Å². The number of rotatable bonds is 8. The lowest BCUT2D eigenvalue weighted by Crippen LogP contribution is -2.24. The first-order chi connectivity index (χ1) is 15.3. The molecule has 0 radical (unpaired) electrons. The van der Waals surface area contributed by atoms with E-state index >= 15 is 0 Å². The number of carbonyl (C=O) groups excluding carboxylic acids is 2. The highest BCUT2D eigenvalue weighted by atomic mass is 35.5. The van der Waals surface area contributed by atoms with Gasteiger partial charge in [-0.2, -0.15) is 0 Å². The van der Waals surface area contributed by atoms with Crippen molar-refractivity contribution in [2.75, 3.05) is 19.5 Å². The van der Waals surface area contributed by atoms with Crippen LogP contribution in [0, 0.1) is 0 Å². The lowest BCUT2D eigenvalue weighted by Gasteiger charge is -2.11. The molecule has 0 fully saturated rings. The lowest BCUT2D eigenvalue weighted by molar-refractivity contribution is 0.0696. The second-order valence-electron chi connectivity index (χ2n) is 6.50. The first-order valence-electron chi connectivity index (χ1n) is 9.25. The Morgan fingerprint density at radius 3 is 2.22 bits per heavy atom. The van der Waals surface area contributed by atoms with Crippen molar-refractivity contribution in [3.05, 3.63) is 75.1 Å². The molecule has 0 aliphatic carbocycles. The normalized spacial score (nSPS) is 10.3. The zero-order valence-electron chi connectivity index (χ0n) is 17.1. The molecule has 0 aliphatic rings. The molecule has 0 unspecified atom stereocenters. The summed E-state index contributed by atoms with van der Waals surface area (Å²) in [5.74, 6) is -0.877. The van der Waals surface area contributed by atoms with Crippen LogP contribution in [0.25, 0.3) is 0 Å². The summed E-state index contributed by atoms with van der Waals surface area (Å²) in [6.07, 6.45) is 0. The topological polar surface area (TPSA) is 114 Å². The summed E-state index contributed by atoms with van der Waals surface area (Å²) in [5, 5.41) is 14.7. The van der Waals surface area contributed by atoms with E-state index in [0.717, 1.165) is 16.9 Å². The molecular formula is C22H19ClN2O6S. The highest BCUT2D eigenvalue weighted by Crippen LogP contribution is 2.32. The van der Waals surface area contributed by atoms with Crippen LogP contribution in [0.3, 0.4) is 0 Å². The number of carbonyl (C=O) groups is 3. The number of amides is 2. The van der Waals surface area contributed by atoms with E-state index in [1.807, 2.05) is 0 Å². The largest absolute Gasteiger partial charge is 0.493 e. The van der Waals surface area contributed by atoms with Gasteiger partial charge in [0.05, 0.1) is 29.7 Å². The van der Waals surface area contributed by atoms with Crippen molar-refractivity contribution in [2.24, 2.45) is 0 Å². The molecule has 2 amide bonds. The Morgan fingerprint density at radius 1 is 0.938 bits per heavy atom. The summed E-state index contributed by atoms with van der Waals surface area (Å²) in [5.41, 5.74) is 1.32. The molecule has 8 nitrogen and oxygen atoms in total. The number of ether oxygens (including phenoxy) is 2. The van der Waals surface area contributed by atoms with Gasteiger partial charge in [0, 0.05) is 12.1 Å². The molecule has 3 N–H and O–H groups in total.